The molecule has 446 valence electrons. The molecule has 1 heterocycles. The van der Waals surface area contributed by atoms with Gasteiger partial charge in [-0.2, -0.15) is 0 Å². The molecule has 4 saturated carbocycles. The molecule has 4 aromatic carbocycles. The number of nitrogens with one attached hydrogen (secondary N) is 2. The minimum Gasteiger partial charge on any atom is -0.508 e. The molecule has 22 heteroatoms. The Morgan fingerprint density at radius 1 is 0.695 bits per heavy atom. The number of fused-ring (bicyclic) bond motifs is 3. The van der Waals surface area contributed by atoms with Gasteiger partial charge in [-0.1, -0.05) is 98.6 Å². The number of nitrogens with two attached hydrogens (primary N) is 1. The largest absolute Gasteiger partial charge is 0.508 e. The second-order valence-corrected chi connectivity index (χ2v) is 28.5. The van der Waals surface area contributed by atoms with Crippen LogP contribution in [0.4, 0.5) is 0 Å². The van der Waals surface area contributed by atoms with Crippen molar-refractivity contribution in [2.24, 2.45) is 62.9 Å². The number of aliphatic hydroxyl groups excluding tert-OH is 1. The maximum atomic E-state index is 14.1. The van der Waals surface area contributed by atoms with Crippen LogP contribution in [0.3, 0.4) is 0 Å². The Morgan fingerprint density at radius 2 is 1.16 bits per heavy atom. The molecule has 20 nitrogen and oxygen atoms in total. The van der Waals surface area contributed by atoms with Gasteiger partial charge in [0.2, 0.25) is 15.9 Å². The minimum atomic E-state index is -4.23. The number of phenolic OH excluding ortho intramolecular Hbond substituents is 4. The number of aliphatic carboxylic acids is 1. The molecule has 82 heavy (non-hydrogen) atoms. The van der Waals surface area contributed by atoms with E-state index in [9.17, 15) is 71.4 Å². The van der Waals surface area contributed by atoms with E-state index in [2.05, 4.69) is 58.5 Å². The highest BCUT2D eigenvalue weighted by Crippen LogP contribution is 2.63. The molecule has 5 aliphatic rings. The van der Waals surface area contributed by atoms with Crippen molar-refractivity contribution >= 4 is 49.4 Å². The molecule has 4 aliphatic carbocycles. The van der Waals surface area contributed by atoms with Crippen molar-refractivity contribution in [1.82, 2.24) is 14.3 Å². The van der Waals surface area contributed by atoms with Crippen LogP contribution < -0.4 is 15.8 Å². The predicted octanol–water partition coefficient (Wildman–Crippen LogP) is 7.23. The number of Topliss-reactive ketones (excluding diaryl/α,β-unsaturated/α-hetero) is 2. The molecule has 1 aliphatic heterocycles. The van der Waals surface area contributed by atoms with Gasteiger partial charge in [0.25, 0.3) is 15.9 Å². The first kappa shape index (κ1) is 63.2. The molecule has 2 amide bonds. The summed E-state index contributed by atoms with van der Waals surface area (Å²) in [5.74, 6) is -4.04. The molecule has 0 saturated heterocycles. The molecular formula is C60H78N4O16S2. The second-order valence-electron chi connectivity index (χ2n) is 24.9. The smallest absolute Gasteiger partial charge is 0.324 e. The van der Waals surface area contributed by atoms with Crippen LogP contribution in [-0.4, -0.2) is 111 Å². The summed E-state index contributed by atoms with van der Waals surface area (Å²) in [5.41, 5.74) is 6.43. The third kappa shape index (κ3) is 12.6. The fraction of sp³-hybridized carbons (Fsp3) is 0.517. The third-order valence-corrected chi connectivity index (χ3v) is 22.0. The summed E-state index contributed by atoms with van der Waals surface area (Å²) < 4.78 is 51.9. The molecule has 0 spiro atoms. The summed E-state index contributed by atoms with van der Waals surface area (Å²) in [5, 5.41) is 70.3. The summed E-state index contributed by atoms with van der Waals surface area (Å²) >= 11 is 0. The normalized spacial score (nSPS) is 28.6. The van der Waals surface area contributed by atoms with Crippen molar-refractivity contribution < 1.29 is 76.6 Å². The number of benzene rings is 4. The van der Waals surface area contributed by atoms with Crippen LogP contribution in [0.2, 0.25) is 0 Å². The lowest BCUT2D eigenvalue weighted by atomic mass is 9.45. The fourth-order valence-electron chi connectivity index (χ4n) is 14.9. The number of carboxylic acid groups (broad SMARTS) is 1. The number of rotatable bonds is 12. The fourth-order valence-corrected chi connectivity index (χ4v) is 17.7. The van der Waals surface area contributed by atoms with Crippen LogP contribution in [0.15, 0.2) is 94.7 Å². The average molecular weight is 1180 g/mol. The highest BCUT2D eigenvalue weighted by atomic mass is 32.2. The molecule has 0 aromatic heterocycles. The Bertz CT molecular complexity index is 3310. The standard InChI is InChI=1S/C30H40N2O8S.C21H31NO3.C9H7NO5S/c1-17-22(32-25(35)16-31-41(39,40)23-9-6-5-8-21(23)28(37)38)15-24-29(2,3)10-7-11-30(24,4)26(17)27(36)18-12-19(33)14-20(34)13-18;1-12-16(22)11-17-20(2,3)6-5-7-21(17,4)18(12)19(25)13-8-14(23)10-15(24)9-13;11-8(12)5-10-9(13)6-3-1-2-4-7(6)16(10,14)15/h5-6,8-9,12-14,17,22,24,26,28,31,33-34,37-38H,7,10-11,15-16H2,1-4H3,(H,32,35);8-10,12,16-18,23-24H,5-7,11,22H2,1-4H3;1-4H,5H2,(H,11,12)/t17-,22-,24+,26-,30+;12-,16-,17+,18-,21+;/m11./s1. The van der Waals surface area contributed by atoms with E-state index in [-0.39, 0.29) is 107 Å². The number of nitrogens with zero attached hydrogens (tertiary/aromatic N) is 1. The second kappa shape index (κ2) is 23.7. The Hall–Kier alpha value is -6.43. The topological polar surface area (TPSA) is 349 Å². The van der Waals surface area contributed by atoms with Crippen molar-refractivity contribution in [2.75, 3.05) is 13.1 Å². The zero-order valence-corrected chi connectivity index (χ0v) is 49.1. The van der Waals surface area contributed by atoms with Gasteiger partial charge in [-0.15, -0.1) is 0 Å². The van der Waals surface area contributed by atoms with E-state index < -0.39 is 74.6 Å². The number of hydrogen-bond donors (Lipinski definition) is 10. The van der Waals surface area contributed by atoms with Gasteiger partial charge in [-0.3, -0.25) is 24.0 Å². The van der Waals surface area contributed by atoms with E-state index in [1.807, 2.05) is 6.92 Å². The Kier molecular flexibility index (Phi) is 18.2. The van der Waals surface area contributed by atoms with E-state index >= 15 is 0 Å². The van der Waals surface area contributed by atoms with E-state index in [1.54, 1.807) is 0 Å². The molecule has 0 radical (unpaired) electrons. The number of aliphatic hydroxyl groups is 2. The molecule has 10 atom stereocenters. The molecular weight excluding hydrogens is 1100 g/mol. The van der Waals surface area contributed by atoms with Gasteiger partial charge in [0, 0.05) is 52.7 Å². The maximum absolute atomic E-state index is 14.1. The van der Waals surface area contributed by atoms with Gasteiger partial charge in [-0.25, -0.2) is 25.9 Å². The van der Waals surface area contributed by atoms with E-state index in [0.717, 1.165) is 38.5 Å². The van der Waals surface area contributed by atoms with Crippen LogP contribution >= 0.6 is 0 Å². The van der Waals surface area contributed by atoms with Crippen molar-refractivity contribution in [3.63, 3.8) is 0 Å². The van der Waals surface area contributed by atoms with Gasteiger partial charge in [0.1, 0.15) is 34.4 Å². The van der Waals surface area contributed by atoms with Crippen LogP contribution in [0.5, 0.6) is 23.0 Å². The highest BCUT2D eigenvalue weighted by molar-refractivity contribution is 7.90. The Balaban J connectivity index is 0.000000198. The number of phenols is 4. The lowest BCUT2D eigenvalue weighted by molar-refractivity contribution is -0.136. The number of carbonyl (C=O) groups is 5. The van der Waals surface area contributed by atoms with Gasteiger partial charge >= 0.3 is 5.97 Å². The number of amides is 2. The summed E-state index contributed by atoms with van der Waals surface area (Å²) in [4.78, 5) is 62.2. The van der Waals surface area contributed by atoms with Crippen LogP contribution in [0.1, 0.15) is 150 Å². The van der Waals surface area contributed by atoms with Gasteiger partial charge in [0.15, 0.2) is 17.9 Å². The van der Waals surface area contributed by atoms with Gasteiger partial charge < -0.3 is 46.8 Å². The first-order valence-electron chi connectivity index (χ1n) is 27.6. The van der Waals surface area contributed by atoms with E-state index in [1.165, 1.54) is 91.3 Å². The number of sulfonamides is 2. The van der Waals surface area contributed by atoms with Crippen molar-refractivity contribution in [1.29, 1.82) is 0 Å². The number of carbonyl (C=O) groups excluding carboxylic acids is 4. The van der Waals surface area contributed by atoms with Gasteiger partial charge in [0.05, 0.1) is 17.0 Å². The molecule has 11 N–H and O–H groups in total. The number of ketones is 2. The zero-order chi connectivity index (χ0) is 60.8. The first-order chi connectivity index (χ1) is 38.1. The van der Waals surface area contributed by atoms with Crippen LogP contribution in [-0.2, 0) is 29.6 Å². The monoisotopic (exact) mass is 1170 g/mol. The third-order valence-electron chi connectivity index (χ3n) is 18.7. The predicted molar refractivity (Wildman–Crippen MR) is 302 cm³/mol. The highest BCUT2D eigenvalue weighted by Gasteiger charge is 2.60. The molecule has 0 bridgehead atoms. The SMILES string of the molecule is C[C@@H]1[C@H](N)C[C@H]2C(C)(C)CCC[C@]2(C)[C@H]1C(=O)c1cc(O)cc(O)c1.C[C@@H]1[C@H](NC(=O)CNS(=O)(=O)c2ccccc2C(O)O)C[C@H]2C(C)(C)CCC[C@]2(C)[C@H]1C(=O)c1cc(O)cc(O)c1.O=C(O)CN1C(=O)c2ccccc2S1(=O)=O. The molecule has 4 aromatic rings. The van der Waals surface area contributed by atoms with Crippen LogP contribution in [0, 0.1) is 57.2 Å². The van der Waals surface area contributed by atoms with Crippen molar-refractivity contribution in [3.05, 3.63) is 107 Å². The summed E-state index contributed by atoms with van der Waals surface area (Å²) in [6.07, 6.45) is 5.62. The molecule has 4 fully saturated rings. The summed E-state index contributed by atoms with van der Waals surface area (Å²) in [6.45, 7) is 15.9. The van der Waals surface area contributed by atoms with Gasteiger partial charge in [-0.05, 0) is 126 Å². The molecule has 0 unspecified atom stereocenters. The van der Waals surface area contributed by atoms with E-state index in [4.69, 9.17) is 10.8 Å². The van der Waals surface area contributed by atoms with E-state index in [0.29, 0.717) is 22.2 Å². The lowest BCUT2D eigenvalue weighted by Gasteiger charge is -2.60. The average Bonchev–Trinajstić information content (AvgIpc) is 3.65. The van der Waals surface area contributed by atoms with Crippen molar-refractivity contribution in [2.45, 2.75) is 135 Å². The Morgan fingerprint density at radius 3 is 1.65 bits per heavy atom. The summed E-state index contributed by atoms with van der Waals surface area (Å²) in [6, 6.07) is 18.6. The minimum absolute atomic E-state index is 0.000880. The quantitative estimate of drug-likeness (QED) is 0.0494. The summed E-state index contributed by atoms with van der Waals surface area (Å²) in [7, 11) is -8.22. The lowest BCUT2D eigenvalue weighted by Crippen LogP contribution is -2.61. The molecule has 9 rings (SSSR count). The number of hydrogen-bond acceptors (Lipinski definition) is 16. The maximum Gasteiger partial charge on any atom is 0.324 e. The Labute approximate surface area is 479 Å². The zero-order valence-electron chi connectivity index (χ0n) is 47.5. The van der Waals surface area contributed by atoms with Crippen molar-refractivity contribution in [3.8, 4) is 23.0 Å². The number of aromatic hydroxyl groups is 4. The first-order valence-corrected chi connectivity index (χ1v) is 30.5. The number of carboxylic acids is 1. The van der Waals surface area contributed by atoms with Crippen LogP contribution in [0.25, 0.3) is 0 Å².